The van der Waals surface area contributed by atoms with Crippen LogP contribution in [-0.4, -0.2) is 30.8 Å². The summed E-state index contributed by atoms with van der Waals surface area (Å²) in [5.41, 5.74) is 0. The van der Waals surface area contributed by atoms with Crippen molar-refractivity contribution in [2.45, 2.75) is 19.8 Å². The van der Waals surface area contributed by atoms with Gasteiger partial charge < -0.3 is 14.6 Å². The zero-order valence-electron chi connectivity index (χ0n) is 8.28. The minimum atomic E-state index is -0.602. The van der Waals surface area contributed by atoms with Crippen LogP contribution in [0.5, 0.6) is 0 Å². The molecule has 5 heteroatoms. The molecule has 0 aromatic heterocycles. The van der Waals surface area contributed by atoms with Crippen molar-refractivity contribution in [1.82, 2.24) is 0 Å². The summed E-state index contributed by atoms with van der Waals surface area (Å²) < 4.78 is 8.72. The van der Waals surface area contributed by atoms with Crippen molar-refractivity contribution >= 4 is 11.9 Å². The largest absolute Gasteiger partial charge is 0.467 e. The number of aliphatic hydroxyl groups excluding tert-OH is 1. The fourth-order valence-corrected chi connectivity index (χ4v) is 0.604. The maximum Gasteiger partial charge on any atom is 0.331 e. The second kappa shape index (κ2) is 7.08. The van der Waals surface area contributed by atoms with Crippen molar-refractivity contribution in [2.75, 3.05) is 13.7 Å². The van der Waals surface area contributed by atoms with E-state index in [4.69, 9.17) is 9.84 Å². The van der Waals surface area contributed by atoms with Crippen LogP contribution < -0.4 is 0 Å². The Hall–Kier alpha value is -1.36. The minimum absolute atomic E-state index is 0.212. The monoisotopic (exact) mass is 202 g/mol. The molecule has 0 aromatic carbocycles. The number of hydrogen-bond donors (Lipinski definition) is 1. The van der Waals surface area contributed by atoms with Crippen LogP contribution in [0.2, 0.25) is 0 Å². The normalized spacial score (nSPS) is 12.6. The number of rotatable bonds is 2. The number of carbonyl (C=O) groups is 2. The van der Waals surface area contributed by atoms with Gasteiger partial charge in [-0.25, -0.2) is 4.79 Å². The Morgan fingerprint density at radius 2 is 2.14 bits per heavy atom. The van der Waals surface area contributed by atoms with Crippen LogP contribution in [-0.2, 0) is 19.1 Å². The van der Waals surface area contributed by atoms with Crippen LogP contribution in [0.4, 0.5) is 0 Å². The van der Waals surface area contributed by atoms with Crippen LogP contribution in [0.25, 0.3) is 0 Å². The smallest absolute Gasteiger partial charge is 0.331 e. The lowest BCUT2D eigenvalue weighted by Crippen LogP contribution is -2.04. The Balaban J connectivity index is 0.000000255. The summed E-state index contributed by atoms with van der Waals surface area (Å²) in [4.78, 5) is 19.9. The Kier molecular flexibility index (Phi) is 6.39. The molecule has 0 amide bonds. The molecule has 0 saturated heterocycles. The van der Waals surface area contributed by atoms with E-state index < -0.39 is 12.6 Å². The fourth-order valence-electron chi connectivity index (χ4n) is 0.604. The molecule has 1 aliphatic carbocycles. The van der Waals surface area contributed by atoms with E-state index in [9.17, 15) is 9.59 Å². The molecule has 0 aromatic rings. The average molecular weight is 202 g/mol. The van der Waals surface area contributed by atoms with E-state index in [-0.39, 0.29) is 5.97 Å². The Bertz CT molecular complexity index is 225. The zero-order chi connectivity index (χ0) is 11.0. The molecule has 0 bridgehead atoms. The Morgan fingerprint density at radius 1 is 1.57 bits per heavy atom. The van der Waals surface area contributed by atoms with Gasteiger partial charge in [-0.15, -0.1) is 0 Å². The van der Waals surface area contributed by atoms with E-state index in [1.165, 1.54) is 14.0 Å². The number of carbonyl (C=O) groups excluding carboxylic acids is 2. The lowest BCUT2D eigenvalue weighted by atomic mass is 10.1. The van der Waals surface area contributed by atoms with Gasteiger partial charge >= 0.3 is 11.9 Å². The summed E-state index contributed by atoms with van der Waals surface area (Å²) in [6, 6.07) is 0. The quantitative estimate of drug-likeness (QED) is 0.655. The number of allylic oxidation sites excluding steroid dienone is 2. The predicted molar refractivity (Wildman–Crippen MR) is 48.2 cm³/mol. The molecule has 1 N–H and O–H groups in total. The van der Waals surface area contributed by atoms with Crippen molar-refractivity contribution < 1.29 is 24.2 Å². The SMILES string of the molecule is CC(=O)OC1=CCC1.COC(=O)CO. The Morgan fingerprint density at radius 3 is 2.21 bits per heavy atom. The molecule has 0 atom stereocenters. The molecule has 80 valence electrons. The molecular formula is C9H14O5. The van der Waals surface area contributed by atoms with Gasteiger partial charge in [-0.1, -0.05) is 0 Å². The van der Waals surface area contributed by atoms with E-state index in [1.54, 1.807) is 0 Å². The summed E-state index contributed by atoms with van der Waals surface area (Å²) in [6.07, 6.45) is 3.91. The highest BCUT2D eigenvalue weighted by Gasteiger charge is 2.07. The average Bonchev–Trinajstić information content (AvgIpc) is 2.11. The maximum atomic E-state index is 10.2. The van der Waals surface area contributed by atoms with E-state index in [0.717, 1.165) is 18.6 Å². The van der Waals surface area contributed by atoms with Gasteiger partial charge in [0.05, 0.1) is 7.11 Å². The molecule has 0 spiro atoms. The van der Waals surface area contributed by atoms with Crippen molar-refractivity contribution in [3.63, 3.8) is 0 Å². The third-order valence-electron chi connectivity index (χ3n) is 1.39. The highest BCUT2D eigenvalue weighted by Crippen LogP contribution is 2.18. The molecule has 1 aliphatic rings. The standard InChI is InChI=1S/C6H8O2.C3H6O3/c1-5(7)8-6-3-2-4-6;1-6-3(5)2-4/h3H,2,4H2,1H3;4H,2H2,1H3. The maximum absolute atomic E-state index is 10.2. The van der Waals surface area contributed by atoms with Crippen molar-refractivity contribution in [3.05, 3.63) is 11.8 Å². The van der Waals surface area contributed by atoms with Crippen molar-refractivity contribution in [1.29, 1.82) is 0 Å². The van der Waals surface area contributed by atoms with E-state index >= 15 is 0 Å². The summed E-state index contributed by atoms with van der Waals surface area (Å²) in [5, 5.41) is 7.86. The van der Waals surface area contributed by atoms with Crippen molar-refractivity contribution in [3.8, 4) is 0 Å². The molecular weight excluding hydrogens is 188 g/mol. The highest BCUT2D eigenvalue weighted by atomic mass is 16.5. The van der Waals surface area contributed by atoms with Crippen LogP contribution in [0.1, 0.15) is 19.8 Å². The number of methoxy groups -OCH3 is 1. The van der Waals surface area contributed by atoms with Gasteiger partial charge in [-0.2, -0.15) is 0 Å². The zero-order valence-corrected chi connectivity index (χ0v) is 8.28. The van der Waals surface area contributed by atoms with Gasteiger partial charge in [0.2, 0.25) is 0 Å². The fraction of sp³-hybridized carbons (Fsp3) is 0.556. The van der Waals surface area contributed by atoms with Gasteiger partial charge in [0.25, 0.3) is 0 Å². The minimum Gasteiger partial charge on any atom is -0.467 e. The van der Waals surface area contributed by atoms with E-state index in [1.807, 2.05) is 6.08 Å². The molecule has 0 saturated carbocycles. The van der Waals surface area contributed by atoms with Crippen molar-refractivity contribution in [2.24, 2.45) is 0 Å². The molecule has 0 heterocycles. The summed E-state index contributed by atoms with van der Waals surface area (Å²) in [5.74, 6) is 0.0171. The third-order valence-corrected chi connectivity index (χ3v) is 1.39. The number of aliphatic hydroxyl groups is 1. The highest BCUT2D eigenvalue weighted by molar-refractivity contribution is 5.70. The third kappa shape index (κ3) is 6.19. The first-order valence-electron chi connectivity index (χ1n) is 4.15. The molecule has 0 unspecified atom stereocenters. The molecule has 14 heavy (non-hydrogen) atoms. The molecule has 1 rings (SSSR count). The number of ether oxygens (including phenoxy) is 2. The predicted octanol–water partition coefficient (Wildman–Crippen LogP) is 0.379. The lowest BCUT2D eigenvalue weighted by molar-refractivity contribution is -0.143. The van der Waals surface area contributed by atoms with Gasteiger partial charge in [-0.05, 0) is 12.5 Å². The second-order valence-corrected chi connectivity index (χ2v) is 2.54. The molecule has 0 fully saturated rings. The van der Waals surface area contributed by atoms with Crippen LogP contribution in [0.3, 0.4) is 0 Å². The van der Waals surface area contributed by atoms with Gasteiger partial charge in [-0.3, -0.25) is 4.79 Å². The summed E-state index contributed by atoms with van der Waals surface area (Å²) >= 11 is 0. The van der Waals surface area contributed by atoms with Gasteiger partial charge in [0.1, 0.15) is 12.4 Å². The molecule has 0 radical (unpaired) electrons. The summed E-state index contributed by atoms with van der Waals surface area (Å²) in [7, 11) is 1.22. The van der Waals surface area contributed by atoms with Gasteiger partial charge in [0, 0.05) is 13.3 Å². The topological polar surface area (TPSA) is 72.8 Å². The lowest BCUT2D eigenvalue weighted by Gasteiger charge is -2.11. The van der Waals surface area contributed by atoms with Crippen LogP contribution in [0.15, 0.2) is 11.8 Å². The number of esters is 2. The van der Waals surface area contributed by atoms with E-state index in [0.29, 0.717) is 0 Å². The second-order valence-electron chi connectivity index (χ2n) is 2.54. The molecule has 5 nitrogen and oxygen atoms in total. The van der Waals surface area contributed by atoms with Crippen LogP contribution >= 0.6 is 0 Å². The first kappa shape index (κ1) is 12.6. The van der Waals surface area contributed by atoms with Crippen LogP contribution in [0, 0.1) is 0 Å². The van der Waals surface area contributed by atoms with Gasteiger partial charge in [0.15, 0.2) is 0 Å². The Labute approximate surface area is 82.3 Å². The first-order valence-corrected chi connectivity index (χ1v) is 4.15. The summed E-state index contributed by atoms with van der Waals surface area (Å²) in [6.45, 7) is 0.885. The number of hydrogen-bond acceptors (Lipinski definition) is 5. The van der Waals surface area contributed by atoms with E-state index in [2.05, 4.69) is 4.74 Å². The first-order chi connectivity index (χ1) is 6.60. The molecule has 0 aliphatic heterocycles.